The summed E-state index contributed by atoms with van der Waals surface area (Å²) >= 11 is 0. The second-order valence-electron chi connectivity index (χ2n) is 8.62. The average molecular weight is 453 g/mol. The number of hydrogen-bond donors (Lipinski definition) is 2. The molecule has 2 fully saturated rings. The van der Waals surface area contributed by atoms with E-state index in [0.29, 0.717) is 44.9 Å². The van der Waals surface area contributed by atoms with E-state index in [-0.39, 0.29) is 23.2 Å². The van der Waals surface area contributed by atoms with Gasteiger partial charge < -0.3 is 24.5 Å². The van der Waals surface area contributed by atoms with E-state index in [9.17, 15) is 23.1 Å². The molecule has 0 unspecified atom stereocenters. The minimum atomic E-state index is -4.60. The first kappa shape index (κ1) is 22.6. The fourth-order valence-corrected chi connectivity index (χ4v) is 4.02. The number of amides is 1. The molecule has 0 saturated carbocycles. The quantitative estimate of drug-likeness (QED) is 0.722. The molecule has 7 nitrogen and oxygen atoms in total. The lowest BCUT2D eigenvalue weighted by atomic mass is 9.94. The van der Waals surface area contributed by atoms with Crippen LogP contribution in [-0.2, 0) is 10.9 Å². The van der Waals surface area contributed by atoms with Gasteiger partial charge >= 0.3 is 6.18 Å². The summed E-state index contributed by atoms with van der Waals surface area (Å²) in [6, 6.07) is 4.14. The SMILES string of the molecule is CC1(O)CCN(c2ncc(C(F)(F)F)cc2NC(=O)c2ccc(C3CCOCC3)o2)CC1. The fourth-order valence-electron chi connectivity index (χ4n) is 4.02. The van der Waals surface area contributed by atoms with Gasteiger partial charge in [-0.25, -0.2) is 4.98 Å². The highest BCUT2D eigenvalue weighted by Crippen LogP contribution is 2.36. The average Bonchev–Trinajstić information content (AvgIpc) is 3.24. The molecule has 2 N–H and O–H groups in total. The number of halogens is 3. The van der Waals surface area contributed by atoms with E-state index in [1.807, 2.05) is 0 Å². The number of ether oxygens (including phenoxy) is 1. The molecule has 0 spiro atoms. The standard InChI is InChI=1S/C22H26F3N3O4/c1-21(30)6-8-28(9-7-21)19-16(12-15(13-26-19)22(23,24)25)27-20(29)18-3-2-17(32-18)14-4-10-31-11-5-14/h2-3,12-14,30H,4-11H2,1H3,(H,27,29). The van der Waals surface area contributed by atoms with Crippen molar-refractivity contribution in [3.05, 3.63) is 41.5 Å². The molecular formula is C22H26F3N3O4. The van der Waals surface area contributed by atoms with Crippen LogP contribution in [0.1, 0.15) is 60.4 Å². The first-order valence-electron chi connectivity index (χ1n) is 10.7. The minimum Gasteiger partial charge on any atom is -0.456 e. The van der Waals surface area contributed by atoms with Gasteiger partial charge in [0.1, 0.15) is 5.76 Å². The van der Waals surface area contributed by atoms with E-state index in [4.69, 9.17) is 9.15 Å². The van der Waals surface area contributed by atoms with Crippen molar-refractivity contribution in [1.82, 2.24) is 4.98 Å². The van der Waals surface area contributed by atoms with Crippen LogP contribution in [0.3, 0.4) is 0 Å². The van der Waals surface area contributed by atoms with Gasteiger partial charge in [0.25, 0.3) is 5.91 Å². The third kappa shape index (κ3) is 5.07. The highest BCUT2D eigenvalue weighted by molar-refractivity contribution is 6.04. The summed E-state index contributed by atoms with van der Waals surface area (Å²) in [6.45, 7) is 3.77. The van der Waals surface area contributed by atoms with Gasteiger partial charge in [-0.3, -0.25) is 4.79 Å². The number of anilines is 2. The fraction of sp³-hybridized carbons (Fsp3) is 0.545. The van der Waals surface area contributed by atoms with Crippen LogP contribution in [-0.4, -0.2) is 47.9 Å². The zero-order chi connectivity index (χ0) is 22.9. The van der Waals surface area contributed by atoms with Gasteiger partial charge in [-0.2, -0.15) is 13.2 Å². The molecule has 2 aromatic heterocycles. The molecule has 10 heteroatoms. The Morgan fingerprint density at radius 1 is 1.25 bits per heavy atom. The Kier molecular flexibility index (Phi) is 6.17. The first-order valence-corrected chi connectivity index (χ1v) is 10.7. The van der Waals surface area contributed by atoms with Crippen molar-refractivity contribution in [2.45, 2.75) is 50.3 Å². The highest BCUT2D eigenvalue weighted by Gasteiger charge is 2.34. The van der Waals surface area contributed by atoms with Crippen molar-refractivity contribution in [3.63, 3.8) is 0 Å². The van der Waals surface area contributed by atoms with Crippen LogP contribution in [0, 0.1) is 0 Å². The molecule has 2 aromatic rings. The number of aliphatic hydroxyl groups is 1. The second-order valence-corrected chi connectivity index (χ2v) is 8.62. The van der Waals surface area contributed by atoms with Crippen LogP contribution in [0.4, 0.5) is 24.7 Å². The molecule has 2 aliphatic rings. The van der Waals surface area contributed by atoms with E-state index >= 15 is 0 Å². The van der Waals surface area contributed by atoms with Gasteiger partial charge in [-0.1, -0.05) is 0 Å². The summed E-state index contributed by atoms with van der Waals surface area (Å²) in [7, 11) is 0. The van der Waals surface area contributed by atoms with Gasteiger partial charge in [0.05, 0.1) is 16.9 Å². The largest absolute Gasteiger partial charge is 0.456 e. The Balaban J connectivity index is 1.57. The second kappa shape index (κ2) is 8.74. The Morgan fingerprint density at radius 3 is 2.59 bits per heavy atom. The summed E-state index contributed by atoms with van der Waals surface area (Å²) in [5, 5.41) is 12.7. The van der Waals surface area contributed by atoms with Crippen molar-refractivity contribution in [2.24, 2.45) is 0 Å². The number of furan rings is 1. The van der Waals surface area contributed by atoms with Crippen LogP contribution in [0.25, 0.3) is 0 Å². The number of rotatable bonds is 4. The number of carbonyl (C=O) groups is 1. The van der Waals surface area contributed by atoms with E-state index in [1.54, 1.807) is 17.9 Å². The van der Waals surface area contributed by atoms with Gasteiger partial charge in [0.2, 0.25) is 0 Å². The highest BCUT2D eigenvalue weighted by atomic mass is 19.4. The number of hydrogen-bond acceptors (Lipinski definition) is 6. The number of alkyl halides is 3. The van der Waals surface area contributed by atoms with Crippen molar-refractivity contribution >= 4 is 17.4 Å². The van der Waals surface area contributed by atoms with Crippen LogP contribution in [0.2, 0.25) is 0 Å². The molecular weight excluding hydrogens is 427 g/mol. The number of pyridine rings is 1. The summed E-state index contributed by atoms with van der Waals surface area (Å²) in [4.78, 5) is 18.6. The molecule has 4 rings (SSSR count). The maximum Gasteiger partial charge on any atom is 0.417 e. The van der Waals surface area contributed by atoms with Crippen LogP contribution < -0.4 is 10.2 Å². The first-order chi connectivity index (χ1) is 15.1. The summed E-state index contributed by atoms with van der Waals surface area (Å²) in [5.74, 6) is 0.431. The molecule has 1 amide bonds. The number of aromatic nitrogens is 1. The monoisotopic (exact) mass is 453 g/mol. The lowest BCUT2D eigenvalue weighted by molar-refractivity contribution is -0.137. The molecule has 0 aromatic carbocycles. The van der Waals surface area contributed by atoms with Crippen LogP contribution in [0.15, 0.2) is 28.8 Å². The number of carbonyl (C=O) groups excluding carboxylic acids is 1. The van der Waals surface area contributed by atoms with Gasteiger partial charge in [0.15, 0.2) is 11.6 Å². The third-order valence-electron chi connectivity index (χ3n) is 6.06. The van der Waals surface area contributed by atoms with Crippen LogP contribution >= 0.6 is 0 Å². The van der Waals surface area contributed by atoms with Crippen molar-refractivity contribution in [2.75, 3.05) is 36.5 Å². The zero-order valence-electron chi connectivity index (χ0n) is 17.7. The van der Waals surface area contributed by atoms with Gasteiger partial charge in [-0.15, -0.1) is 0 Å². The Bertz CT molecular complexity index is 958. The van der Waals surface area contributed by atoms with Crippen LogP contribution in [0.5, 0.6) is 0 Å². The molecule has 32 heavy (non-hydrogen) atoms. The van der Waals surface area contributed by atoms with E-state index < -0.39 is 23.2 Å². The number of nitrogens with one attached hydrogen (secondary N) is 1. The molecule has 0 aliphatic carbocycles. The zero-order valence-corrected chi connectivity index (χ0v) is 17.7. The number of nitrogens with zero attached hydrogens (tertiary/aromatic N) is 2. The smallest absolute Gasteiger partial charge is 0.417 e. The maximum atomic E-state index is 13.3. The van der Waals surface area contributed by atoms with E-state index in [2.05, 4.69) is 10.3 Å². The predicted octanol–water partition coefficient (Wildman–Crippen LogP) is 4.19. The van der Waals surface area contributed by atoms with Crippen molar-refractivity contribution in [1.29, 1.82) is 0 Å². The molecule has 2 saturated heterocycles. The normalized spacial score (nSPS) is 19.7. The summed E-state index contributed by atoms with van der Waals surface area (Å²) in [5.41, 5.74) is -1.83. The summed E-state index contributed by atoms with van der Waals surface area (Å²) in [6.07, 6.45) is -1.39. The molecule has 4 heterocycles. The summed E-state index contributed by atoms with van der Waals surface area (Å²) < 4.78 is 50.9. The van der Waals surface area contributed by atoms with Crippen molar-refractivity contribution < 1.29 is 32.2 Å². The Morgan fingerprint density at radius 2 is 1.94 bits per heavy atom. The maximum absolute atomic E-state index is 13.3. The van der Waals surface area contributed by atoms with E-state index in [0.717, 1.165) is 25.1 Å². The lowest BCUT2D eigenvalue weighted by Gasteiger charge is -2.37. The number of piperidine rings is 1. The Hall–Kier alpha value is -2.59. The van der Waals surface area contributed by atoms with Crippen molar-refractivity contribution in [3.8, 4) is 0 Å². The molecule has 0 bridgehead atoms. The predicted molar refractivity (Wildman–Crippen MR) is 111 cm³/mol. The lowest BCUT2D eigenvalue weighted by Crippen LogP contribution is -2.43. The molecule has 0 radical (unpaired) electrons. The molecule has 0 atom stereocenters. The molecule has 2 aliphatic heterocycles. The van der Waals surface area contributed by atoms with E-state index in [1.165, 1.54) is 6.07 Å². The minimum absolute atomic E-state index is 0.0245. The molecule has 174 valence electrons. The van der Waals surface area contributed by atoms with Gasteiger partial charge in [-0.05, 0) is 50.8 Å². The topological polar surface area (TPSA) is 87.8 Å². The third-order valence-corrected chi connectivity index (χ3v) is 6.06. The Labute approximate surface area is 183 Å². The van der Waals surface area contributed by atoms with Gasteiger partial charge in [0, 0.05) is 38.4 Å².